The van der Waals surface area contributed by atoms with E-state index >= 15 is 0 Å². The molecule has 0 aliphatic rings. The third-order valence-electron chi connectivity index (χ3n) is 1.98. The first-order valence-corrected chi connectivity index (χ1v) is 5.93. The molecule has 0 aliphatic carbocycles. The van der Waals surface area contributed by atoms with Crippen molar-refractivity contribution in [2.45, 2.75) is 46.1 Å². The highest BCUT2D eigenvalue weighted by Crippen LogP contribution is 2.10. The fraction of sp³-hybridized carbons (Fsp3) is 0.750. The Morgan fingerprint density at radius 3 is 2.00 bits per heavy atom. The van der Waals surface area contributed by atoms with Gasteiger partial charge in [-0.2, -0.15) is 0 Å². The molecule has 0 saturated heterocycles. The second kappa shape index (κ2) is 7.68. The summed E-state index contributed by atoms with van der Waals surface area (Å²) in [6.07, 6.45) is -0.296. The maximum Gasteiger partial charge on any atom is 0.315 e. The van der Waals surface area contributed by atoms with Crippen LogP contribution in [0.5, 0.6) is 0 Å². The molecule has 0 aromatic heterocycles. The van der Waals surface area contributed by atoms with Crippen molar-refractivity contribution in [3.05, 3.63) is 0 Å². The van der Waals surface area contributed by atoms with Gasteiger partial charge in [-0.1, -0.05) is 0 Å². The fourth-order valence-electron chi connectivity index (χ4n) is 1.38. The highest BCUT2D eigenvalue weighted by molar-refractivity contribution is 5.94. The van der Waals surface area contributed by atoms with Gasteiger partial charge in [0, 0.05) is 5.54 Å². The van der Waals surface area contributed by atoms with Crippen LogP contribution in [0, 0.1) is 0 Å². The van der Waals surface area contributed by atoms with Crippen LogP contribution >= 0.6 is 0 Å². The van der Waals surface area contributed by atoms with Gasteiger partial charge in [-0.05, 0) is 27.7 Å². The molecule has 0 aromatic rings. The molecule has 1 amide bonds. The Kier molecular flexibility index (Phi) is 7.00. The summed E-state index contributed by atoms with van der Waals surface area (Å²) in [5, 5.41) is 2.59. The average molecular weight is 259 g/mol. The molecule has 6 nitrogen and oxygen atoms in total. The van der Waals surface area contributed by atoms with E-state index in [9.17, 15) is 14.4 Å². The van der Waals surface area contributed by atoms with Crippen LogP contribution in [0.3, 0.4) is 0 Å². The Morgan fingerprint density at radius 1 is 1.00 bits per heavy atom. The minimum absolute atomic E-state index is 0.0510. The molecule has 1 N–H and O–H groups in total. The molecule has 0 rings (SSSR count). The third kappa shape index (κ3) is 7.65. The largest absolute Gasteiger partial charge is 0.466 e. The van der Waals surface area contributed by atoms with Crippen LogP contribution in [0.4, 0.5) is 0 Å². The summed E-state index contributed by atoms with van der Waals surface area (Å²) in [4.78, 5) is 33.9. The number of nitrogens with one attached hydrogen (secondary N) is 1. The summed E-state index contributed by atoms with van der Waals surface area (Å²) in [5.74, 6) is -1.44. The highest BCUT2D eigenvalue weighted by Gasteiger charge is 2.25. The number of esters is 2. The van der Waals surface area contributed by atoms with Crippen molar-refractivity contribution >= 4 is 17.8 Å². The molecule has 0 unspecified atom stereocenters. The van der Waals surface area contributed by atoms with Crippen molar-refractivity contribution < 1.29 is 23.9 Å². The standard InChI is InChI=1S/C12H21NO5/c1-5-17-10(15)7-9(14)13-12(3,4)8-11(16)18-6-2/h5-8H2,1-4H3,(H,13,14). The van der Waals surface area contributed by atoms with Gasteiger partial charge in [-0.15, -0.1) is 0 Å². The minimum Gasteiger partial charge on any atom is -0.466 e. The molecule has 0 spiro atoms. The summed E-state index contributed by atoms with van der Waals surface area (Å²) in [6.45, 7) is 7.29. The zero-order valence-corrected chi connectivity index (χ0v) is 11.4. The Balaban J connectivity index is 4.18. The molecule has 0 heterocycles. The molecular weight excluding hydrogens is 238 g/mol. The zero-order chi connectivity index (χ0) is 14.2. The van der Waals surface area contributed by atoms with Gasteiger partial charge in [0.25, 0.3) is 0 Å². The van der Waals surface area contributed by atoms with E-state index in [1.807, 2.05) is 0 Å². The zero-order valence-electron chi connectivity index (χ0n) is 11.4. The Bertz CT molecular complexity index is 312. The normalized spacial score (nSPS) is 10.7. The van der Waals surface area contributed by atoms with Crippen molar-refractivity contribution in [3.63, 3.8) is 0 Å². The van der Waals surface area contributed by atoms with Crippen LogP contribution in [-0.2, 0) is 23.9 Å². The first-order valence-electron chi connectivity index (χ1n) is 5.93. The van der Waals surface area contributed by atoms with Crippen molar-refractivity contribution in [2.24, 2.45) is 0 Å². The monoisotopic (exact) mass is 259 g/mol. The Labute approximate surface area is 107 Å². The molecule has 104 valence electrons. The van der Waals surface area contributed by atoms with Gasteiger partial charge < -0.3 is 14.8 Å². The maximum absolute atomic E-state index is 11.5. The molecule has 6 heteroatoms. The van der Waals surface area contributed by atoms with E-state index in [0.29, 0.717) is 6.61 Å². The van der Waals surface area contributed by atoms with Crippen molar-refractivity contribution in [2.75, 3.05) is 13.2 Å². The average Bonchev–Trinajstić information content (AvgIpc) is 2.14. The van der Waals surface area contributed by atoms with E-state index in [2.05, 4.69) is 10.1 Å². The predicted octanol–water partition coefficient (Wildman–Crippen LogP) is 0.788. The summed E-state index contributed by atoms with van der Waals surface area (Å²) < 4.78 is 9.45. The topological polar surface area (TPSA) is 81.7 Å². The van der Waals surface area contributed by atoms with Crippen molar-refractivity contribution in [1.82, 2.24) is 5.32 Å². The van der Waals surface area contributed by atoms with E-state index in [0.717, 1.165) is 0 Å². The lowest BCUT2D eigenvalue weighted by Crippen LogP contribution is -2.45. The number of ether oxygens (including phenoxy) is 2. The molecule has 0 atom stereocenters. The van der Waals surface area contributed by atoms with Gasteiger partial charge in [0.15, 0.2) is 0 Å². The quantitative estimate of drug-likeness (QED) is 0.540. The van der Waals surface area contributed by atoms with Crippen molar-refractivity contribution in [1.29, 1.82) is 0 Å². The smallest absolute Gasteiger partial charge is 0.315 e. The number of amides is 1. The molecule has 0 bridgehead atoms. The first-order chi connectivity index (χ1) is 8.30. The van der Waals surface area contributed by atoms with Gasteiger partial charge in [0.05, 0.1) is 19.6 Å². The molecule has 0 saturated carbocycles. The van der Waals surface area contributed by atoms with Gasteiger partial charge >= 0.3 is 11.9 Å². The van der Waals surface area contributed by atoms with Crippen LogP contribution in [0.2, 0.25) is 0 Å². The minimum atomic E-state index is -0.754. The van der Waals surface area contributed by atoms with E-state index in [4.69, 9.17) is 4.74 Å². The molecule has 18 heavy (non-hydrogen) atoms. The van der Waals surface area contributed by atoms with Gasteiger partial charge in [0.1, 0.15) is 6.42 Å². The second-order valence-corrected chi connectivity index (χ2v) is 4.40. The fourth-order valence-corrected chi connectivity index (χ4v) is 1.38. The number of rotatable bonds is 7. The van der Waals surface area contributed by atoms with Gasteiger partial charge in [-0.3, -0.25) is 14.4 Å². The lowest BCUT2D eigenvalue weighted by atomic mass is 10.0. The SMILES string of the molecule is CCOC(=O)CC(=O)NC(C)(C)CC(=O)OCC. The Morgan fingerprint density at radius 2 is 1.50 bits per heavy atom. The van der Waals surface area contributed by atoms with Crippen molar-refractivity contribution in [3.8, 4) is 0 Å². The molecule has 0 aromatic carbocycles. The summed E-state index contributed by atoms with van der Waals surface area (Å²) in [6, 6.07) is 0. The van der Waals surface area contributed by atoms with E-state index in [1.54, 1.807) is 27.7 Å². The van der Waals surface area contributed by atoms with Crippen LogP contribution < -0.4 is 5.32 Å². The summed E-state index contributed by atoms with van der Waals surface area (Å²) in [5.41, 5.74) is -0.754. The van der Waals surface area contributed by atoms with E-state index in [-0.39, 0.29) is 25.4 Å². The maximum atomic E-state index is 11.5. The predicted molar refractivity (Wildman–Crippen MR) is 64.7 cm³/mol. The first kappa shape index (κ1) is 16.4. The highest BCUT2D eigenvalue weighted by atomic mass is 16.5. The number of hydrogen-bond acceptors (Lipinski definition) is 5. The van der Waals surface area contributed by atoms with Gasteiger partial charge in [0.2, 0.25) is 5.91 Å². The van der Waals surface area contributed by atoms with Crippen LogP contribution in [0.15, 0.2) is 0 Å². The Hall–Kier alpha value is -1.59. The second-order valence-electron chi connectivity index (χ2n) is 4.40. The molecule has 0 radical (unpaired) electrons. The summed E-state index contributed by atoms with van der Waals surface area (Å²) in [7, 11) is 0. The number of carbonyl (C=O) groups is 3. The third-order valence-corrected chi connectivity index (χ3v) is 1.98. The van der Waals surface area contributed by atoms with Crippen LogP contribution in [-0.4, -0.2) is 36.6 Å². The molecule has 0 aliphatic heterocycles. The van der Waals surface area contributed by atoms with Gasteiger partial charge in [-0.25, -0.2) is 0 Å². The van der Waals surface area contributed by atoms with E-state index in [1.165, 1.54) is 0 Å². The number of carbonyl (C=O) groups excluding carboxylic acids is 3. The lowest BCUT2D eigenvalue weighted by Gasteiger charge is -2.24. The van der Waals surface area contributed by atoms with E-state index < -0.39 is 17.4 Å². The lowest BCUT2D eigenvalue weighted by molar-refractivity contribution is -0.146. The molecular formula is C12H21NO5. The summed E-state index contributed by atoms with van der Waals surface area (Å²) >= 11 is 0. The molecule has 0 fully saturated rings. The van der Waals surface area contributed by atoms with Crippen LogP contribution in [0.1, 0.15) is 40.5 Å². The number of hydrogen-bond donors (Lipinski definition) is 1. The van der Waals surface area contributed by atoms with Crippen LogP contribution in [0.25, 0.3) is 0 Å².